The van der Waals surface area contributed by atoms with E-state index >= 15 is 0 Å². The van der Waals surface area contributed by atoms with Gasteiger partial charge >= 0.3 is 0 Å². The Morgan fingerprint density at radius 2 is 2.00 bits per heavy atom. The van der Waals surface area contributed by atoms with Gasteiger partial charge in [0.2, 0.25) is 0 Å². The predicted octanol–water partition coefficient (Wildman–Crippen LogP) is 3.06. The number of hydrogen-bond donors (Lipinski definition) is 2. The first-order valence-corrected chi connectivity index (χ1v) is 7.40. The van der Waals surface area contributed by atoms with Crippen LogP contribution in [0.1, 0.15) is 19.5 Å². The van der Waals surface area contributed by atoms with E-state index in [1.54, 1.807) is 23.5 Å². The van der Waals surface area contributed by atoms with E-state index in [1.165, 1.54) is 12.1 Å². The van der Waals surface area contributed by atoms with Crippen LogP contribution < -0.4 is 5.32 Å². The smallest absolute Gasteiger partial charge is 0.123 e. The van der Waals surface area contributed by atoms with E-state index in [0.29, 0.717) is 6.54 Å². The molecular weight excluding hydrogens is 275 g/mol. The highest BCUT2D eigenvalue weighted by Crippen LogP contribution is 2.23. The van der Waals surface area contributed by atoms with Crippen LogP contribution in [0, 0.1) is 11.2 Å². The van der Waals surface area contributed by atoms with Crippen LogP contribution in [0.3, 0.4) is 0 Å². The third kappa shape index (κ3) is 4.10. The summed E-state index contributed by atoms with van der Waals surface area (Å²) in [7, 11) is 0. The van der Waals surface area contributed by atoms with Crippen molar-refractivity contribution in [1.82, 2.24) is 10.3 Å². The first-order chi connectivity index (χ1) is 9.50. The number of nitrogens with one attached hydrogen (secondary N) is 1. The van der Waals surface area contributed by atoms with E-state index in [0.717, 1.165) is 22.8 Å². The Hall–Kier alpha value is -1.30. The molecule has 1 heterocycles. The summed E-state index contributed by atoms with van der Waals surface area (Å²) in [5, 5.41) is 15.4. The molecule has 0 radical (unpaired) electrons. The van der Waals surface area contributed by atoms with Crippen molar-refractivity contribution < 1.29 is 9.50 Å². The first-order valence-electron chi connectivity index (χ1n) is 6.52. The molecule has 0 saturated carbocycles. The maximum atomic E-state index is 12.9. The standard InChI is InChI=1S/C15H19FN2OS/c1-15(2,10-19)9-17-7-13-8-20-14(18-13)11-3-5-12(16)6-4-11/h3-6,8,17,19H,7,9-10H2,1-2H3. The number of hydrogen-bond acceptors (Lipinski definition) is 4. The first kappa shape index (κ1) is 15.1. The Morgan fingerprint density at radius 1 is 1.30 bits per heavy atom. The number of aliphatic hydroxyl groups is 1. The molecule has 5 heteroatoms. The van der Waals surface area contributed by atoms with Gasteiger partial charge in [-0.2, -0.15) is 0 Å². The topological polar surface area (TPSA) is 45.1 Å². The van der Waals surface area contributed by atoms with Crippen LogP contribution in [-0.4, -0.2) is 23.2 Å². The number of rotatable bonds is 6. The van der Waals surface area contributed by atoms with Crippen molar-refractivity contribution in [3.05, 3.63) is 41.2 Å². The summed E-state index contributed by atoms with van der Waals surface area (Å²) < 4.78 is 12.9. The zero-order valence-electron chi connectivity index (χ0n) is 11.7. The minimum absolute atomic E-state index is 0.129. The minimum Gasteiger partial charge on any atom is -0.396 e. The van der Waals surface area contributed by atoms with Gasteiger partial charge in [-0.1, -0.05) is 13.8 Å². The molecule has 0 unspecified atom stereocenters. The maximum Gasteiger partial charge on any atom is 0.123 e. The lowest BCUT2D eigenvalue weighted by atomic mass is 9.95. The van der Waals surface area contributed by atoms with E-state index in [2.05, 4.69) is 10.3 Å². The Morgan fingerprint density at radius 3 is 2.65 bits per heavy atom. The van der Waals surface area contributed by atoms with E-state index in [-0.39, 0.29) is 17.8 Å². The summed E-state index contributed by atoms with van der Waals surface area (Å²) in [4.78, 5) is 4.53. The summed E-state index contributed by atoms with van der Waals surface area (Å²) in [5.74, 6) is -0.238. The highest BCUT2D eigenvalue weighted by atomic mass is 32.1. The molecule has 20 heavy (non-hydrogen) atoms. The van der Waals surface area contributed by atoms with Crippen molar-refractivity contribution >= 4 is 11.3 Å². The lowest BCUT2D eigenvalue weighted by Gasteiger charge is -2.21. The second-order valence-electron chi connectivity index (χ2n) is 5.58. The summed E-state index contributed by atoms with van der Waals surface area (Å²) in [6.45, 7) is 5.56. The van der Waals surface area contributed by atoms with Crippen LogP contribution in [0.15, 0.2) is 29.6 Å². The Labute approximate surface area is 122 Å². The number of benzene rings is 1. The summed E-state index contributed by atoms with van der Waals surface area (Å²) >= 11 is 1.55. The van der Waals surface area contributed by atoms with Crippen molar-refractivity contribution in [2.24, 2.45) is 5.41 Å². The van der Waals surface area contributed by atoms with Gasteiger partial charge in [-0.25, -0.2) is 9.37 Å². The van der Waals surface area contributed by atoms with Gasteiger partial charge in [-0.05, 0) is 24.3 Å². The van der Waals surface area contributed by atoms with Crippen LogP contribution in [0.25, 0.3) is 10.6 Å². The van der Waals surface area contributed by atoms with Crippen LogP contribution in [0.4, 0.5) is 4.39 Å². The number of thiazole rings is 1. The monoisotopic (exact) mass is 294 g/mol. The summed E-state index contributed by atoms with van der Waals surface area (Å²) in [5.41, 5.74) is 1.76. The number of nitrogens with zero attached hydrogens (tertiary/aromatic N) is 1. The normalized spacial score (nSPS) is 11.8. The molecule has 2 rings (SSSR count). The van der Waals surface area contributed by atoms with E-state index in [1.807, 2.05) is 19.2 Å². The third-order valence-corrected chi connectivity index (χ3v) is 3.92. The average Bonchev–Trinajstić information content (AvgIpc) is 2.88. The zero-order valence-corrected chi connectivity index (χ0v) is 12.5. The average molecular weight is 294 g/mol. The lowest BCUT2D eigenvalue weighted by Crippen LogP contribution is -2.31. The molecule has 0 spiro atoms. The van der Waals surface area contributed by atoms with E-state index in [4.69, 9.17) is 0 Å². The van der Waals surface area contributed by atoms with Crippen LogP contribution in [-0.2, 0) is 6.54 Å². The van der Waals surface area contributed by atoms with Gasteiger partial charge in [-0.15, -0.1) is 11.3 Å². The predicted molar refractivity (Wildman–Crippen MR) is 80.1 cm³/mol. The molecule has 0 fully saturated rings. The van der Waals surface area contributed by atoms with Crippen LogP contribution in [0.5, 0.6) is 0 Å². The van der Waals surface area contributed by atoms with Gasteiger partial charge in [0.15, 0.2) is 0 Å². The lowest BCUT2D eigenvalue weighted by molar-refractivity contribution is 0.156. The fourth-order valence-corrected chi connectivity index (χ4v) is 2.52. The van der Waals surface area contributed by atoms with Crippen molar-refractivity contribution in [2.75, 3.05) is 13.2 Å². The fraction of sp³-hybridized carbons (Fsp3) is 0.400. The molecule has 2 N–H and O–H groups in total. The van der Waals surface area contributed by atoms with Crippen molar-refractivity contribution in [1.29, 1.82) is 0 Å². The molecule has 2 aromatic rings. The Bertz CT molecular complexity index is 551. The van der Waals surface area contributed by atoms with E-state index in [9.17, 15) is 9.50 Å². The fourth-order valence-electron chi connectivity index (χ4n) is 1.70. The molecule has 0 bridgehead atoms. The Balaban J connectivity index is 1.94. The van der Waals surface area contributed by atoms with Crippen molar-refractivity contribution in [3.8, 4) is 10.6 Å². The highest BCUT2D eigenvalue weighted by Gasteiger charge is 2.15. The molecule has 0 saturated heterocycles. The highest BCUT2D eigenvalue weighted by molar-refractivity contribution is 7.13. The number of halogens is 1. The largest absolute Gasteiger partial charge is 0.396 e. The summed E-state index contributed by atoms with van der Waals surface area (Å²) in [6, 6.07) is 6.36. The van der Waals surface area contributed by atoms with Gasteiger partial charge < -0.3 is 10.4 Å². The molecule has 0 aliphatic heterocycles. The van der Waals surface area contributed by atoms with Crippen molar-refractivity contribution in [2.45, 2.75) is 20.4 Å². The third-order valence-electron chi connectivity index (χ3n) is 2.98. The SMILES string of the molecule is CC(C)(CO)CNCc1csc(-c2ccc(F)cc2)n1. The van der Waals surface area contributed by atoms with E-state index < -0.39 is 0 Å². The van der Waals surface area contributed by atoms with Gasteiger partial charge in [0.05, 0.1) is 5.69 Å². The number of aromatic nitrogens is 1. The molecule has 1 aromatic carbocycles. The Kier molecular flexibility index (Phi) is 4.86. The molecule has 0 aliphatic carbocycles. The van der Waals surface area contributed by atoms with Crippen LogP contribution >= 0.6 is 11.3 Å². The second-order valence-corrected chi connectivity index (χ2v) is 6.43. The summed E-state index contributed by atoms with van der Waals surface area (Å²) in [6.07, 6.45) is 0. The minimum atomic E-state index is -0.238. The molecular formula is C15H19FN2OS. The quantitative estimate of drug-likeness (QED) is 0.860. The second kappa shape index (κ2) is 6.43. The van der Waals surface area contributed by atoms with Crippen molar-refractivity contribution in [3.63, 3.8) is 0 Å². The maximum absolute atomic E-state index is 12.9. The molecule has 0 aliphatic rings. The molecule has 108 valence electrons. The van der Waals surface area contributed by atoms with Gasteiger partial charge in [-0.3, -0.25) is 0 Å². The zero-order chi connectivity index (χ0) is 14.6. The number of aliphatic hydroxyl groups excluding tert-OH is 1. The van der Waals surface area contributed by atoms with Gasteiger partial charge in [0.25, 0.3) is 0 Å². The molecule has 0 atom stereocenters. The molecule has 1 aromatic heterocycles. The molecule has 3 nitrogen and oxygen atoms in total. The van der Waals surface area contributed by atoms with Crippen LogP contribution in [0.2, 0.25) is 0 Å². The van der Waals surface area contributed by atoms with Gasteiger partial charge in [0, 0.05) is 36.1 Å². The van der Waals surface area contributed by atoms with Gasteiger partial charge in [0.1, 0.15) is 10.8 Å². The molecule has 0 amide bonds.